The van der Waals surface area contributed by atoms with Gasteiger partial charge in [-0.25, -0.2) is 9.97 Å². The zero-order valence-electron chi connectivity index (χ0n) is 12.1. The van der Waals surface area contributed by atoms with E-state index in [1.807, 2.05) is 13.1 Å². The lowest BCUT2D eigenvalue weighted by atomic mass is 10.2. The summed E-state index contributed by atoms with van der Waals surface area (Å²) in [5.74, 6) is 1.27. The van der Waals surface area contributed by atoms with Crippen LogP contribution in [-0.2, 0) is 5.88 Å². The highest BCUT2D eigenvalue weighted by molar-refractivity contribution is 6.17. The van der Waals surface area contributed by atoms with Crippen LogP contribution in [0.2, 0.25) is 0 Å². The van der Waals surface area contributed by atoms with E-state index in [4.69, 9.17) is 11.6 Å². The van der Waals surface area contributed by atoms with Crippen molar-refractivity contribution in [3.8, 4) is 0 Å². The number of halogens is 1. The van der Waals surface area contributed by atoms with Gasteiger partial charge in [0.25, 0.3) is 0 Å². The van der Waals surface area contributed by atoms with Crippen LogP contribution in [0.3, 0.4) is 0 Å². The molecular formula is C14H23ClN4. The predicted octanol–water partition coefficient (Wildman–Crippen LogP) is 2.44. The number of hydrogen-bond donors (Lipinski definition) is 0. The van der Waals surface area contributed by atoms with Crippen molar-refractivity contribution in [3.63, 3.8) is 0 Å². The molecule has 1 atom stereocenters. The van der Waals surface area contributed by atoms with Crippen molar-refractivity contribution >= 4 is 17.5 Å². The third kappa shape index (κ3) is 3.37. The molecule has 0 N–H and O–H groups in total. The molecule has 1 aromatic rings. The molecule has 0 aliphatic carbocycles. The minimum absolute atomic E-state index is 0.474. The summed E-state index contributed by atoms with van der Waals surface area (Å²) in [6, 6.07) is 0.631. The Morgan fingerprint density at radius 2 is 2.32 bits per heavy atom. The average molecular weight is 283 g/mol. The number of alkyl halides is 1. The highest BCUT2D eigenvalue weighted by Crippen LogP contribution is 2.19. The number of likely N-dealkylation sites (N-methyl/N-ethyl adjacent to an activating group) is 2. The second kappa shape index (κ2) is 6.53. The van der Waals surface area contributed by atoms with Crippen molar-refractivity contribution in [1.82, 2.24) is 14.9 Å². The summed E-state index contributed by atoms with van der Waals surface area (Å²) < 4.78 is 0. The largest absolute Gasteiger partial charge is 0.342 e. The lowest BCUT2D eigenvalue weighted by Gasteiger charge is -2.27. The van der Waals surface area contributed by atoms with Crippen molar-refractivity contribution in [3.05, 3.63) is 17.5 Å². The Morgan fingerprint density at radius 3 is 2.95 bits per heavy atom. The maximum Gasteiger partial charge on any atom is 0.225 e. The van der Waals surface area contributed by atoms with Gasteiger partial charge in [-0.1, -0.05) is 6.92 Å². The first-order valence-corrected chi connectivity index (χ1v) is 7.52. The summed E-state index contributed by atoms with van der Waals surface area (Å²) in [5, 5.41) is 0. The second-order valence-corrected chi connectivity index (χ2v) is 5.49. The van der Waals surface area contributed by atoms with E-state index in [9.17, 15) is 0 Å². The van der Waals surface area contributed by atoms with Crippen molar-refractivity contribution in [2.24, 2.45) is 0 Å². The molecule has 1 aliphatic rings. The summed E-state index contributed by atoms with van der Waals surface area (Å²) in [5.41, 5.74) is 1.99. The van der Waals surface area contributed by atoms with Crippen molar-refractivity contribution in [1.29, 1.82) is 0 Å². The fourth-order valence-electron chi connectivity index (χ4n) is 2.71. The van der Waals surface area contributed by atoms with Gasteiger partial charge >= 0.3 is 0 Å². The highest BCUT2D eigenvalue weighted by atomic mass is 35.5. The number of likely N-dealkylation sites (tertiary alicyclic amines) is 1. The maximum atomic E-state index is 5.84. The first-order chi connectivity index (χ1) is 9.15. The maximum absolute atomic E-state index is 5.84. The Hall–Kier alpha value is -0.870. The SMILES string of the molecule is CCN1CCCC1CN(C)c1ncc(CCl)c(C)n1. The Kier molecular flexibility index (Phi) is 4.99. The minimum atomic E-state index is 0.474. The number of aromatic nitrogens is 2. The lowest BCUT2D eigenvalue weighted by Crippen LogP contribution is -2.39. The summed E-state index contributed by atoms with van der Waals surface area (Å²) in [4.78, 5) is 13.7. The molecule has 0 saturated carbocycles. The van der Waals surface area contributed by atoms with E-state index in [1.54, 1.807) is 0 Å². The van der Waals surface area contributed by atoms with Gasteiger partial charge in [0.1, 0.15) is 0 Å². The summed E-state index contributed by atoms with van der Waals surface area (Å²) in [7, 11) is 2.07. The van der Waals surface area contributed by atoms with Crippen LogP contribution in [0, 0.1) is 6.92 Å². The molecule has 1 aromatic heterocycles. The van der Waals surface area contributed by atoms with Crippen molar-refractivity contribution in [2.45, 2.75) is 38.6 Å². The third-order valence-electron chi connectivity index (χ3n) is 3.94. The van der Waals surface area contributed by atoms with Crippen LogP contribution in [0.15, 0.2) is 6.20 Å². The van der Waals surface area contributed by atoms with Gasteiger partial charge in [-0.3, -0.25) is 4.90 Å². The van der Waals surface area contributed by atoms with Gasteiger partial charge in [-0.15, -0.1) is 11.6 Å². The van der Waals surface area contributed by atoms with Crippen LogP contribution in [0.4, 0.5) is 5.95 Å². The second-order valence-electron chi connectivity index (χ2n) is 5.22. The molecule has 19 heavy (non-hydrogen) atoms. The van der Waals surface area contributed by atoms with Crippen molar-refractivity contribution in [2.75, 3.05) is 31.6 Å². The first kappa shape index (κ1) is 14.5. The zero-order valence-corrected chi connectivity index (χ0v) is 12.8. The monoisotopic (exact) mass is 282 g/mol. The first-order valence-electron chi connectivity index (χ1n) is 6.99. The number of nitrogens with zero attached hydrogens (tertiary/aromatic N) is 4. The zero-order chi connectivity index (χ0) is 13.8. The number of aryl methyl sites for hydroxylation is 1. The Balaban J connectivity index is 2.03. The van der Waals surface area contributed by atoms with Gasteiger partial charge in [0.05, 0.1) is 5.88 Å². The summed E-state index contributed by atoms with van der Waals surface area (Å²) in [6.07, 6.45) is 4.42. The summed E-state index contributed by atoms with van der Waals surface area (Å²) >= 11 is 5.84. The highest BCUT2D eigenvalue weighted by Gasteiger charge is 2.24. The average Bonchev–Trinajstić information content (AvgIpc) is 2.85. The molecule has 1 saturated heterocycles. The van der Waals surface area contributed by atoms with E-state index in [-0.39, 0.29) is 0 Å². The van der Waals surface area contributed by atoms with Gasteiger partial charge < -0.3 is 4.90 Å². The summed E-state index contributed by atoms with van der Waals surface area (Å²) in [6.45, 7) is 7.57. The number of rotatable bonds is 5. The Morgan fingerprint density at radius 1 is 1.53 bits per heavy atom. The molecule has 106 valence electrons. The quantitative estimate of drug-likeness (QED) is 0.777. The number of hydrogen-bond acceptors (Lipinski definition) is 4. The molecule has 0 radical (unpaired) electrons. The van der Waals surface area contributed by atoms with Crippen molar-refractivity contribution < 1.29 is 0 Å². The van der Waals surface area contributed by atoms with E-state index in [2.05, 4.69) is 33.7 Å². The van der Waals surface area contributed by atoms with Gasteiger partial charge in [0, 0.05) is 37.1 Å². The van der Waals surface area contributed by atoms with E-state index < -0.39 is 0 Å². The van der Waals surface area contributed by atoms with E-state index in [1.165, 1.54) is 19.4 Å². The Labute approximate surface area is 120 Å². The van der Waals surface area contributed by atoms with Gasteiger partial charge in [-0.05, 0) is 32.9 Å². The van der Waals surface area contributed by atoms with Gasteiger partial charge in [0.2, 0.25) is 5.95 Å². The molecule has 4 nitrogen and oxygen atoms in total. The smallest absolute Gasteiger partial charge is 0.225 e. The van der Waals surface area contributed by atoms with Crippen LogP contribution >= 0.6 is 11.6 Å². The molecule has 2 heterocycles. The molecule has 0 spiro atoms. The normalized spacial score (nSPS) is 19.9. The minimum Gasteiger partial charge on any atom is -0.342 e. The van der Waals surface area contributed by atoms with Crippen LogP contribution in [0.25, 0.3) is 0 Å². The molecule has 0 aromatic carbocycles. The third-order valence-corrected chi connectivity index (χ3v) is 4.23. The molecule has 1 aliphatic heterocycles. The Bertz CT molecular complexity index is 424. The van der Waals surface area contributed by atoms with E-state index in [0.717, 1.165) is 30.3 Å². The van der Waals surface area contributed by atoms with E-state index >= 15 is 0 Å². The molecular weight excluding hydrogens is 260 g/mol. The topological polar surface area (TPSA) is 32.3 Å². The van der Waals surface area contributed by atoms with E-state index in [0.29, 0.717) is 11.9 Å². The van der Waals surface area contributed by atoms with Crippen LogP contribution in [0.1, 0.15) is 31.0 Å². The van der Waals surface area contributed by atoms with Crippen LogP contribution in [0.5, 0.6) is 0 Å². The van der Waals surface area contributed by atoms with Crippen LogP contribution < -0.4 is 4.90 Å². The fraction of sp³-hybridized carbons (Fsp3) is 0.714. The van der Waals surface area contributed by atoms with Gasteiger partial charge in [-0.2, -0.15) is 0 Å². The molecule has 0 bridgehead atoms. The molecule has 5 heteroatoms. The molecule has 1 unspecified atom stereocenters. The molecule has 1 fully saturated rings. The van der Waals surface area contributed by atoms with Crippen LogP contribution in [-0.4, -0.2) is 47.6 Å². The number of anilines is 1. The molecule has 0 amide bonds. The predicted molar refractivity (Wildman–Crippen MR) is 79.9 cm³/mol. The van der Waals surface area contributed by atoms with Gasteiger partial charge in [0.15, 0.2) is 0 Å². The fourth-order valence-corrected chi connectivity index (χ4v) is 2.97. The standard InChI is InChI=1S/C14H23ClN4/c1-4-19-7-5-6-13(19)10-18(3)14-16-9-12(8-15)11(2)17-14/h9,13H,4-8,10H2,1-3H3. The lowest BCUT2D eigenvalue weighted by molar-refractivity contribution is 0.270. The molecule has 2 rings (SSSR count).